The molecule has 0 aliphatic carbocycles. The van der Waals surface area contributed by atoms with Crippen molar-refractivity contribution in [2.75, 3.05) is 19.8 Å². The van der Waals surface area contributed by atoms with Crippen LogP contribution in [-0.4, -0.2) is 56.4 Å². The third kappa shape index (κ3) is 4.29. The maximum absolute atomic E-state index is 12.5. The van der Waals surface area contributed by atoms with Gasteiger partial charge in [-0.25, -0.2) is 10.1 Å². The molecule has 0 atom stereocenters. The molecule has 0 saturated carbocycles. The molecule has 3 heterocycles. The summed E-state index contributed by atoms with van der Waals surface area (Å²) in [7, 11) is 3.68. The molecule has 0 bridgehead atoms. The standard InChI is InChI=1S/C16H19N9O3/c1-10(7-11-5-4-6-27-11)8-18-20-16(26)13-12(9-24(2)3)25(23-19-13)15-14(17)21-28-22-15/h4-8H,9H2,1-3H3,(H2,17,21)(H,20,26)/b10-7-,18-8-. The summed E-state index contributed by atoms with van der Waals surface area (Å²) in [5.74, 6) is 0.350. The van der Waals surface area contributed by atoms with Crippen LogP contribution in [0.2, 0.25) is 0 Å². The summed E-state index contributed by atoms with van der Waals surface area (Å²) in [5, 5.41) is 19.0. The lowest BCUT2D eigenvalue weighted by molar-refractivity contribution is 0.0948. The first kappa shape index (κ1) is 19.0. The van der Waals surface area contributed by atoms with Crippen molar-refractivity contribution >= 4 is 24.0 Å². The number of allylic oxidation sites excluding steroid dienone is 1. The average molecular weight is 385 g/mol. The molecule has 28 heavy (non-hydrogen) atoms. The predicted octanol–water partition coefficient (Wildman–Crippen LogP) is 0.706. The lowest BCUT2D eigenvalue weighted by Gasteiger charge is -2.11. The number of amides is 1. The van der Waals surface area contributed by atoms with Gasteiger partial charge in [-0.05, 0) is 55.1 Å². The second kappa shape index (κ2) is 8.26. The van der Waals surface area contributed by atoms with Gasteiger partial charge in [-0.3, -0.25) is 4.79 Å². The number of aromatic nitrogens is 5. The highest BCUT2D eigenvalue weighted by atomic mass is 16.6. The van der Waals surface area contributed by atoms with Gasteiger partial charge in [-0.2, -0.15) is 9.78 Å². The zero-order valence-electron chi connectivity index (χ0n) is 15.5. The van der Waals surface area contributed by atoms with Gasteiger partial charge in [0.05, 0.1) is 18.2 Å². The van der Waals surface area contributed by atoms with Crippen molar-refractivity contribution in [3.05, 3.63) is 41.1 Å². The molecule has 12 heteroatoms. The quantitative estimate of drug-likeness (QED) is 0.442. The van der Waals surface area contributed by atoms with Gasteiger partial charge in [0.1, 0.15) is 5.76 Å². The molecule has 3 aromatic rings. The number of furan rings is 1. The molecule has 0 aromatic carbocycles. The van der Waals surface area contributed by atoms with Crippen LogP contribution in [0, 0.1) is 0 Å². The smallest absolute Gasteiger partial charge is 0.293 e. The molecular weight excluding hydrogens is 366 g/mol. The Morgan fingerprint density at radius 2 is 2.25 bits per heavy atom. The van der Waals surface area contributed by atoms with Crippen LogP contribution in [0.15, 0.2) is 38.1 Å². The molecule has 3 rings (SSSR count). The highest BCUT2D eigenvalue weighted by molar-refractivity contribution is 5.94. The number of carbonyl (C=O) groups is 1. The number of anilines is 1. The lowest BCUT2D eigenvalue weighted by atomic mass is 10.3. The predicted molar refractivity (Wildman–Crippen MR) is 99.3 cm³/mol. The van der Waals surface area contributed by atoms with Crippen LogP contribution in [0.4, 0.5) is 5.82 Å². The Morgan fingerprint density at radius 3 is 2.89 bits per heavy atom. The molecule has 12 nitrogen and oxygen atoms in total. The SMILES string of the molecule is CC(/C=N\NC(=O)c1nnn(-c2nonc2N)c1CN(C)C)=C/c1ccco1. The number of hydrogen-bond acceptors (Lipinski definition) is 10. The van der Waals surface area contributed by atoms with E-state index in [1.54, 1.807) is 18.4 Å². The first-order valence-electron chi connectivity index (χ1n) is 8.18. The van der Waals surface area contributed by atoms with Crippen molar-refractivity contribution in [2.24, 2.45) is 5.10 Å². The monoisotopic (exact) mass is 385 g/mol. The molecule has 0 saturated heterocycles. The number of hydrazone groups is 1. The van der Waals surface area contributed by atoms with Gasteiger partial charge in [0.25, 0.3) is 5.91 Å². The van der Waals surface area contributed by atoms with E-state index >= 15 is 0 Å². The zero-order chi connectivity index (χ0) is 20.1. The van der Waals surface area contributed by atoms with E-state index in [1.165, 1.54) is 10.9 Å². The summed E-state index contributed by atoms with van der Waals surface area (Å²) in [6, 6.07) is 3.59. The normalized spacial score (nSPS) is 12.2. The number of rotatable bonds is 7. The Hall–Kier alpha value is -3.80. The van der Waals surface area contributed by atoms with E-state index in [-0.39, 0.29) is 17.3 Å². The third-order valence-corrected chi connectivity index (χ3v) is 3.49. The zero-order valence-corrected chi connectivity index (χ0v) is 15.5. The molecule has 146 valence electrons. The Bertz CT molecular complexity index is 999. The molecule has 3 N–H and O–H groups in total. The molecule has 0 spiro atoms. The first-order chi connectivity index (χ1) is 13.5. The number of carbonyl (C=O) groups excluding carboxylic acids is 1. The van der Waals surface area contributed by atoms with Crippen LogP contribution < -0.4 is 11.2 Å². The number of nitrogens with two attached hydrogens (primary N) is 1. The Kier molecular flexibility index (Phi) is 5.60. The van der Waals surface area contributed by atoms with E-state index in [1.807, 2.05) is 32.0 Å². The maximum Gasteiger partial charge on any atom is 0.293 e. The molecule has 0 aliphatic heterocycles. The van der Waals surface area contributed by atoms with Gasteiger partial charge in [-0.1, -0.05) is 5.21 Å². The minimum absolute atomic E-state index is 0.0357. The van der Waals surface area contributed by atoms with Gasteiger partial charge in [0.2, 0.25) is 11.6 Å². The molecular formula is C16H19N9O3. The van der Waals surface area contributed by atoms with E-state index in [2.05, 4.69) is 35.8 Å². The first-order valence-corrected chi connectivity index (χ1v) is 8.18. The second-order valence-corrected chi connectivity index (χ2v) is 6.11. The fraction of sp³-hybridized carbons (Fsp3) is 0.250. The van der Waals surface area contributed by atoms with Crippen molar-refractivity contribution in [3.63, 3.8) is 0 Å². The van der Waals surface area contributed by atoms with Gasteiger partial charge >= 0.3 is 0 Å². The summed E-state index contributed by atoms with van der Waals surface area (Å²) in [4.78, 5) is 14.4. The highest BCUT2D eigenvalue weighted by Crippen LogP contribution is 2.16. The van der Waals surface area contributed by atoms with Crippen LogP contribution in [0.5, 0.6) is 0 Å². The second-order valence-electron chi connectivity index (χ2n) is 6.11. The molecule has 3 aromatic heterocycles. The molecule has 0 radical (unpaired) electrons. The summed E-state index contributed by atoms with van der Waals surface area (Å²) in [6.07, 6.45) is 4.85. The van der Waals surface area contributed by atoms with Crippen molar-refractivity contribution in [1.82, 2.24) is 35.6 Å². The average Bonchev–Trinajstić information content (AvgIpc) is 3.36. The van der Waals surface area contributed by atoms with E-state index in [0.717, 1.165) is 5.57 Å². The van der Waals surface area contributed by atoms with Crippen LogP contribution in [0.3, 0.4) is 0 Å². The molecule has 1 amide bonds. The largest absolute Gasteiger partial charge is 0.465 e. The van der Waals surface area contributed by atoms with Crippen molar-refractivity contribution in [3.8, 4) is 5.82 Å². The maximum atomic E-state index is 12.5. The Morgan fingerprint density at radius 1 is 1.43 bits per heavy atom. The Balaban J connectivity index is 1.78. The molecule has 0 aliphatic rings. The van der Waals surface area contributed by atoms with E-state index in [9.17, 15) is 4.79 Å². The topological polar surface area (TPSA) is 153 Å². The summed E-state index contributed by atoms with van der Waals surface area (Å²) >= 11 is 0. The molecule has 0 fully saturated rings. The van der Waals surface area contributed by atoms with E-state index in [0.29, 0.717) is 18.0 Å². The van der Waals surface area contributed by atoms with Gasteiger partial charge in [-0.15, -0.1) is 5.10 Å². The third-order valence-electron chi connectivity index (χ3n) is 3.49. The van der Waals surface area contributed by atoms with Crippen molar-refractivity contribution < 1.29 is 13.8 Å². The van der Waals surface area contributed by atoms with Gasteiger partial charge in [0, 0.05) is 6.54 Å². The minimum Gasteiger partial charge on any atom is -0.465 e. The van der Waals surface area contributed by atoms with Crippen molar-refractivity contribution in [1.29, 1.82) is 0 Å². The summed E-state index contributed by atoms with van der Waals surface area (Å²) in [5.41, 5.74) is 9.48. The number of nitrogen functional groups attached to an aromatic ring is 1. The fourth-order valence-corrected chi connectivity index (χ4v) is 2.31. The Labute approximate surface area is 159 Å². The van der Waals surface area contributed by atoms with Crippen LogP contribution in [0.25, 0.3) is 11.9 Å². The highest BCUT2D eigenvalue weighted by Gasteiger charge is 2.24. The van der Waals surface area contributed by atoms with Gasteiger partial charge < -0.3 is 15.1 Å². The van der Waals surface area contributed by atoms with Crippen LogP contribution in [-0.2, 0) is 6.54 Å². The summed E-state index contributed by atoms with van der Waals surface area (Å²) < 4.78 is 11.1. The van der Waals surface area contributed by atoms with E-state index < -0.39 is 5.91 Å². The van der Waals surface area contributed by atoms with Crippen LogP contribution >= 0.6 is 0 Å². The minimum atomic E-state index is -0.528. The number of hydrogen-bond donors (Lipinski definition) is 2. The number of nitrogens with zero attached hydrogens (tertiary/aromatic N) is 7. The summed E-state index contributed by atoms with van der Waals surface area (Å²) in [6.45, 7) is 2.18. The molecule has 0 unspecified atom stereocenters. The van der Waals surface area contributed by atoms with E-state index in [4.69, 9.17) is 10.2 Å². The fourth-order valence-electron chi connectivity index (χ4n) is 2.31. The van der Waals surface area contributed by atoms with Crippen molar-refractivity contribution in [2.45, 2.75) is 13.5 Å². The van der Waals surface area contributed by atoms with Crippen LogP contribution in [0.1, 0.15) is 28.9 Å². The van der Waals surface area contributed by atoms with Gasteiger partial charge in [0.15, 0.2) is 5.69 Å². The number of nitrogens with one attached hydrogen (secondary N) is 1. The lowest BCUT2D eigenvalue weighted by Crippen LogP contribution is -2.23.